The van der Waals surface area contributed by atoms with Gasteiger partial charge in [0.05, 0.1) is 5.02 Å². The average molecular weight is 332 g/mol. The van der Waals surface area contributed by atoms with E-state index in [9.17, 15) is 4.79 Å². The maximum Gasteiger partial charge on any atom is 0.253 e. The topological polar surface area (TPSA) is 46.3 Å². The number of amides is 1. The fourth-order valence-electron chi connectivity index (χ4n) is 2.21. The van der Waals surface area contributed by atoms with Gasteiger partial charge >= 0.3 is 0 Å². The smallest absolute Gasteiger partial charge is 0.253 e. The van der Waals surface area contributed by atoms with Crippen LogP contribution in [0.15, 0.2) is 22.7 Å². The molecular weight excluding hydrogens is 316 g/mol. The van der Waals surface area contributed by atoms with Gasteiger partial charge in [-0.1, -0.05) is 11.6 Å². The molecule has 0 spiro atoms. The summed E-state index contributed by atoms with van der Waals surface area (Å²) < 4.78 is 0.748. The van der Waals surface area contributed by atoms with Crippen LogP contribution in [0.5, 0.6) is 0 Å². The number of rotatable bonds is 2. The van der Waals surface area contributed by atoms with Crippen LogP contribution in [0, 0.1) is 5.92 Å². The number of hydrogen-bond acceptors (Lipinski definition) is 2. The standard InChI is InChI=1S/C13H16BrClN2O/c1-8(16)10-4-5-17(7-10)13(18)9-2-3-12(15)11(14)6-9/h2-3,6,8,10H,4-5,7,16H2,1H3. The van der Waals surface area contributed by atoms with Gasteiger partial charge in [-0.15, -0.1) is 0 Å². The van der Waals surface area contributed by atoms with Gasteiger partial charge in [0.1, 0.15) is 0 Å². The Bertz CT molecular complexity index is 464. The molecular formula is C13H16BrClN2O. The van der Waals surface area contributed by atoms with Gasteiger partial charge in [0.15, 0.2) is 0 Å². The zero-order chi connectivity index (χ0) is 13.3. The Hall–Kier alpha value is -0.580. The second-order valence-corrected chi connectivity index (χ2v) is 6.05. The summed E-state index contributed by atoms with van der Waals surface area (Å²) in [6, 6.07) is 5.40. The van der Waals surface area contributed by atoms with E-state index in [4.69, 9.17) is 17.3 Å². The van der Waals surface area contributed by atoms with Crippen LogP contribution < -0.4 is 5.73 Å². The Morgan fingerprint density at radius 1 is 1.61 bits per heavy atom. The van der Waals surface area contributed by atoms with E-state index in [0.717, 1.165) is 24.0 Å². The van der Waals surface area contributed by atoms with Crippen molar-refractivity contribution in [3.05, 3.63) is 33.3 Å². The van der Waals surface area contributed by atoms with Crippen molar-refractivity contribution < 1.29 is 4.79 Å². The maximum atomic E-state index is 12.3. The molecule has 1 amide bonds. The molecule has 1 fully saturated rings. The number of hydrogen-bond donors (Lipinski definition) is 1. The number of nitrogens with two attached hydrogens (primary N) is 1. The van der Waals surface area contributed by atoms with Crippen LogP contribution in [-0.2, 0) is 0 Å². The molecule has 1 aromatic carbocycles. The number of nitrogens with zero attached hydrogens (tertiary/aromatic N) is 1. The van der Waals surface area contributed by atoms with Crippen molar-refractivity contribution in [2.24, 2.45) is 11.7 Å². The van der Waals surface area contributed by atoms with Gasteiger partial charge in [0, 0.05) is 29.2 Å². The van der Waals surface area contributed by atoms with E-state index in [2.05, 4.69) is 15.9 Å². The van der Waals surface area contributed by atoms with Crippen LogP contribution in [0.3, 0.4) is 0 Å². The van der Waals surface area contributed by atoms with Gasteiger partial charge in [-0.3, -0.25) is 4.79 Å². The van der Waals surface area contributed by atoms with Crippen LogP contribution in [-0.4, -0.2) is 29.9 Å². The number of halogens is 2. The highest BCUT2D eigenvalue weighted by atomic mass is 79.9. The molecule has 0 saturated carbocycles. The van der Waals surface area contributed by atoms with Gasteiger partial charge in [-0.25, -0.2) is 0 Å². The molecule has 0 radical (unpaired) electrons. The van der Waals surface area contributed by atoms with Crippen molar-refractivity contribution in [2.75, 3.05) is 13.1 Å². The largest absolute Gasteiger partial charge is 0.338 e. The van der Waals surface area contributed by atoms with Crippen molar-refractivity contribution >= 4 is 33.4 Å². The SMILES string of the molecule is CC(N)C1CCN(C(=O)c2ccc(Cl)c(Br)c2)C1. The molecule has 2 unspecified atom stereocenters. The first-order valence-corrected chi connectivity index (χ1v) is 7.16. The average Bonchev–Trinajstić information content (AvgIpc) is 2.81. The summed E-state index contributed by atoms with van der Waals surface area (Å²) in [6.45, 7) is 3.53. The normalized spacial score (nSPS) is 21.1. The van der Waals surface area contributed by atoms with Gasteiger partial charge in [0.25, 0.3) is 5.91 Å². The highest BCUT2D eigenvalue weighted by molar-refractivity contribution is 9.10. The molecule has 1 heterocycles. The molecule has 1 aliphatic rings. The Labute approximate surface area is 120 Å². The van der Waals surface area contributed by atoms with E-state index < -0.39 is 0 Å². The van der Waals surface area contributed by atoms with Gasteiger partial charge in [-0.05, 0) is 53.4 Å². The van der Waals surface area contributed by atoms with E-state index in [1.165, 1.54) is 0 Å². The van der Waals surface area contributed by atoms with Crippen molar-refractivity contribution in [2.45, 2.75) is 19.4 Å². The quantitative estimate of drug-likeness (QED) is 0.905. The zero-order valence-electron chi connectivity index (χ0n) is 10.2. The number of carbonyl (C=O) groups excluding carboxylic acids is 1. The second kappa shape index (κ2) is 5.59. The fourth-order valence-corrected chi connectivity index (χ4v) is 2.71. The summed E-state index contributed by atoms with van der Waals surface area (Å²) in [7, 11) is 0. The van der Waals surface area contributed by atoms with E-state index in [1.807, 2.05) is 11.8 Å². The van der Waals surface area contributed by atoms with Crippen molar-refractivity contribution in [3.63, 3.8) is 0 Å². The van der Waals surface area contributed by atoms with Crippen LogP contribution in [0.1, 0.15) is 23.7 Å². The summed E-state index contributed by atoms with van der Waals surface area (Å²) in [5, 5.41) is 0.612. The molecule has 1 saturated heterocycles. The van der Waals surface area contributed by atoms with E-state index in [0.29, 0.717) is 16.5 Å². The number of carbonyl (C=O) groups is 1. The molecule has 18 heavy (non-hydrogen) atoms. The van der Waals surface area contributed by atoms with Crippen LogP contribution in [0.2, 0.25) is 5.02 Å². The predicted molar refractivity (Wildman–Crippen MR) is 76.8 cm³/mol. The summed E-state index contributed by atoms with van der Waals surface area (Å²) in [6.07, 6.45) is 0.984. The van der Waals surface area contributed by atoms with E-state index in [1.54, 1.807) is 18.2 Å². The molecule has 2 N–H and O–H groups in total. The Morgan fingerprint density at radius 3 is 2.89 bits per heavy atom. The molecule has 1 aromatic rings. The Morgan fingerprint density at radius 2 is 2.33 bits per heavy atom. The summed E-state index contributed by atoms with van der Waals surface area (Å²) in [4.78, 5) is 14.2. The lowest BCUT2D eigenvalue weighted by Gasteiger charge is -2.18. The molecule has 2 rings (SSSR count). The van der Waals surface area contributed by atoms with Crippen LogP contribution in [0.4, 0.5) is 0 Å². The Kier molecular flexibility index (Phi) is 4.30. The molecule has 0 bridgehead atoms. The Balaban J connectivity index is 2.10. The van der Waals surface area contributed by atoms with Crippen molar-refractivity contribution in [1.29, 1.82) is 0 Å². The first kappa shape index (κ1) is 13.8. The van der Waals surface area contributed by atoms with Crippen LogP contribution >= 0.6 is 27.5 Å². The lowest BCUT2D eigenvalue weighted by atomic mass is 10.0. The van der Waals surface area contributed by atoms with Gasteiger partial charge in [-0.2, -0.15) is 0 Å². The molecule has 98 valence electrons. The highest BCUT2D eigenvalue weighted by Crippen LogP contribution is 2.26. The highest BCUT2D eigenvalue weighted by Gasteiger charge is 2.28. The summed E-state index contributed by atoms with van der Waals surface area (Å²) >= 11 is 9.26. The summed E-state index contributed by atoms with van der Waals surface area (Å²) in [5.41, 5.74) is 6.54. The fraction of sp³-hybridized carbons (Fsp3) is 0.462. The minimum atomic E-state index is 0.0514. The zero-order valence-corrected chi connectivity index (χ0v) is 12.5. The summed E-state index contributed by atoms with van der Waals surface area (Å²) in [5.74, 6) is 0.459. The molecule has 5 heteroatoms. The number of benzene rings is 1. The minimum absolute atomic E-state index is 0.0514. The maximum absolute atomic E-state index is 12.3. The third-order valence-corrected chi connectivity index (χ3v) is 4.64. The van der Waals surface area contributed by atoms with Crippen molar-refractivity contribution in [3.8, 4) is 0 Å². The van der Waals surface area contributed by atoms with Gasteiger partial charge < -0.3 is 10.6 Å². The molecule has 3 nitrogen and oxygen atoms in total. The second-order valence-electron chi connectivity index (χ2n) is 4.79. The van der Waals surface area contributed by atoms with Crippen LogP contribution in [0.25, 0.3) is 0 Å². The third kappa shape index (κ3) is 2.87. The first-order chi connectivity index (χ1) is 8.49. The van der Waals surface area contributed by atoms with Gasteiger partial charge in [0.2, 0.25) is 0 Å². The van der Waals surface area contributed by atoms with Crippen molar-refractivity contribution in [1.82, 2.24) is 4.90 Å². The van der Waals surface area contributed by atoms with E-state index >= 15 is 0 Å². The minimum Gasteiger partial charge on any atom is -0.338 e. The lowest BCUT2D eigenvalue weighted by Crippen LogP contribution is -2.33. The number of likely N-dealkylation sites (tertiary alicyclic amines) is 1. The third-order valence-electron chi connectivity index (χ3n) is 3.42. The first-order valence-electron chi connectivity index (χ1n) is 5.99. The molecule has 1 aliphatic heterocycles. The lowest BCUT2D eigenvalue weighted by molar-refractivity contribution is 0.0786. The molecule has 0 aromatic heterocycles. The molecule has 0 aliphatic carbocycles. The predicted octanol–water partition coefficient (Wildman–Crippen LogP) is 2.91. The molecule has 2 atom stereocenters. The van der Waals surface area contributed by atoms with E-state index in [-0.39, 0.29) is 11.9 Å². The monoisotopic (exact) mass is 330 g/mol.